The van der Waals surface area contributed by atoms with Crippen molar-refractivity contribution in [2.75, 3.05) is 0 Å². The Morgan fingerprint density at radius 3 is 2.48 bits per heavy atom. The number of H-pyrrole nitrogens is 1. The summed E-state index contributed by atoms with van der Waals surface area (Å²) in [6, 6.07) is 0. The van der Waals surface area contributed by atoms with Crippen LogP contribution in [0.4, 0.5) is 5.82 Å². The Kier molecular flexibility index (Phi) is 5.54. The van der Waals surface area contributed by atoms with Crippen molar-refractivity contribution >= 4 is 23.8 Å². The van der Waals surface area contributed by atoms with Crippen molar-refractivity contribution < 1.29 is 24.5 Å². The average Bonchev–Trinajstić information content (AvgIpc) is 3.01. The van der Waals surface area contributed by atoms with Gasteiger partial charge in [0.1, 0.15) is 5.69 Å². The largest absolute Gasteiger partial charge is 0.481 e. The van der Waals surface area contributed by atoms with Gasteiger partial charge in [0.05, 0.1) is 16.1 Å². The predicted octanol–water partition coefficient (Wildman–Crippen LogP) is 1.83. The molecule has 0 atom stereocenters. The van der Waals surface area contributed by atoms with Crippen LogP contribution in [0.25, 0.3) is 6.08 Å². The summed E-state index contributed by atoms with van der Waals surface area (Å²) in [6.07, 6.45) is 2.92. The summed E-state index contributed by atoms with van der Waals surface area (Å²) in [5.74, 6) is -1.91. The number of carboxylic acids is 1. The molecule has 0 unspecified atom stereocenters. The predicted molar refractivity (Wildman–Crippen MR) is 93.1 cm³/mol. The molecule has 0 bridgehead atoms. The molecule has 1 aliphatic rings. The van der Waals surface area contributed by atoms with Crippen LogP contribution in [-0.2, 0) is 16.0 Å². The fourth-order valence-electron chi connectivity index (χ4n) is 2.70. The van der Waals surface area contributed by atoms with Gasteiger partial charge in [0.15, 0.2) is 0 Å². The van der Waals surface area contributed by atoms with Crippen LogP contribution in [-0.4, -0.2) is 31.8 Å². The van der Waals surface area contributed by atoms with Crippen LogP contribution < -0.4 is 5.32 Å². The summed E-state index contributed by atoms with van der Waals surface area (Å²) >= 11 is 0. The van der Waals surface area contributed by atoms with Crippen LogP contribution in [0.15, 0.2) is 29.1 Å². The smallest absolute Gasteiger partial charge is 0.324 e. The number of carboxylic acid groups (broad SMARTS) is 1. The third-order valence-corrected chi connectivity index (χ3v) is 4.12. The third-order valence-electron chi connectivity index (χ3n) is 4.12. The molecule has 1 aromatic rings. The summed E-state index contributed by atoms with van der Waals surface area (Å²) in [5.41, 5.74) is 2.01. The van der Waals surface area contributed by atoms with E-state index in [-0.39, 0.29) is 29.8 Å². The van der Waals surface area contributed by atoms with Crippen LogP contribution in [0.2, 0.25) is 0 Å². The number of amides is 1. The molecule has 0 radical (unpaired) electrons. The number of aromatic nitrogens is 1. The van der Waals surface area contributed by atoms with E-state index in [9.17, 15) is 29.8 Å². The highest BCUT2D eigenvalue weighted by atomic mass is 16.6. The van der Waals surface area contributed by atoms with Crippen molar-refractivity contribution in [3.8, 4) is 0 Å². The molecule has 27 heavy (non-hydrogen) atoms. The second-order valence-electron chi connectivity index (χ2n) is 5.79. The van der Waals surface area contributed by atoms with E-state index >= 15 is 0 Å². The van der Waals surface area contributed by atoms with E-state index in [2.05, 4.69) is 10.3 Å². The van der Waals surface area contributed by atoms with Crippen molar-refractivity contribution in [2.24, 2.45) is 0 Å². The lowest BCUT2D eigenvalue weighted by Crippen LogP contribution is -2.15. The zero-order chi connectivity index (χ0) is 20.3. The highest BCUT2D eigenvalue weighted by molar-refractivity contribution is 6.03. The number of aliphatic carboxylic acids is 1. The molecule has 0 aromatic carbocycles. The molecule has 1 aliphatic heterocycles. The quantitative estimate of drug-likeness (QED) is 0.481. The molecule has 2 heterocycles. The van der Waals surface area contributed by atoms with Gasteiger partial charge in [0.2, 0.25) is 6.20 Å². The highest BCUT2D eigenvalue weighted by Crippen LogP contribution is 2.30. The van der Waals surface area contributed by atoms with Crippen LogP contribution in [0.3, 0.4) is 0 Å². The molecule has 0 saturated heterocycles. The molecule has 11 nitrogen and oxygen atoms in total. The second-order valence-corrected chi connectivity index (χ2v) is 5.79. The van der Waals surface area contributed by atoms with Crippen LogP contribution >= 0.6 is 0 Å². The maximum Gasteiger partial charge on any atom is 0.324 e. The lowest BCUT2D eigenvalue weighted by Gasteiger charge is -1.99. The molecule has 1 amide bonds. The molecule has 0 saturated carbocycles. The molecule has 0 aliphatic carbocycles. The SMILES string of the molecule is CC1=C(/C=C/[N+](=O)[O-])C(=O)N/C1=C\c1[nH]c([N+](=O)[O-])c(CCC(=O)O)c1C. The minimum atomic E-state index is -1.08. The summed E-state index contributed by atoms with van der Waals surface area (Å²) in [5, 5.41) is 33.0. The van der Waals surface area contributed by atoms with E-state index < -0.39 is 21.7 Å². The standard InChI is InChI=1S/C16H16N4O7/c1-8-10(3-4-14(21)22)15(20(26)27)17-12(8)7-13-9(2)11(16(23)18-13)5-6-19(24)25/h5-7,17H,3-4H2,1-2H3,(H,18,23)(H,21,22)/b6-5+,13-7-. The Labute approximate surface area is 152 Å². The lowest BCUT2D eigenvalue weighted by molar-refractivity contribution is -0.402. The normalized spacial score (nSPS) is 15.6. The van der Waals surface area contributed by atoms with Crippen molar-refractivity contribution in [1.29, 1.82) is 0 Å². The first-order valence-corrected chi connectivity index (χ1v) is 7.75. The Morgan fingerprint density at radius 2 is 1.93 bits per heavy atom. The molecule has 1 aromatic heterocycles. The molecule has 3 N–H and O–H groups in total. The number of nitrogens with one attached hydrogen (secondary N) is 2. The van der Waals surface area contributed by atoms with E-state index in [0.717, 1.165) is 6.08 Å². The van der Waals surface area contributed by atoms with Gasteiger partial charge in [-0.1, -0.05) is 0 Å². The van der Waals surface area contributed by atoms with Gasteiger partial charge in [0, 0.05) is 29.8 Å². The number of rotatable bonds is 7. The molecule has 0 spiro atoms. The summed E-state index contributed by atoms with van der Waals surface area (Å²) < 4.78 is 0. The Morgan fingerprint density at radius 1 is 1.26 bits per heavy atom. The number of aromatic amines is 1. The van der Waals surface area contributed by atoms with Crippen molar-refractivity contribution in [3.05, 3.63) is 66.2 Å². The third kappa shape index (κ3) is 4.26. The maximum atomic E-state index is 12.0. The molecular weight excluding hydrogens is 360 g/mol. The second kappa shape index (κ2) is 7.64. The van der Waals surface area contributed by atoms with Gasteiger partial charge in [0.25, 0.3) is 5.91 Å². The number of carbonyl (C=O) groups excluding carboxylic acids is 1. The molecular formula is C16H16N4O7. The minimum Gasteiger partial charge on any atom is -0.481 e. The number of nitrogens with zero attached hydrogens (tertiary/aromatic N) is 2. The summed E-state index contributed by atoms with van der Waals surface area (Å²) in [6.45, 7) is 3.19. The van der Waals surface area contributed by atoms with Crippen LogP contribution in [0.5, 0.6) is 0 Å². The monoisotopic (exact) mass is 376 g/mol. The number of carbonyl (C=O) groups is 2. The van der Waals surface area contributed by atoms with E-state index in [1.54, 1.807) is 13.8 Å². The number of allylic oxidation sites excluding steroid dienone is 1. The van der Waals surface area contributed by atoms with E-state index in [1.165, 1.54) is 6.08 Å². The van der Waals surface area contributed by atoms with Gasteiger partial charge in [-0.25, -0.2) is 4.98 Å². The first kappa shape index (κ1) is 19.6. The molecule has 0 fully saturated rings. The Hall–Kier alpha value is -3.76. The first-order chi connectivity index (χ1) is 12.6. The zero-order valence-electron chi connectivity index (χ0n) is 14.4. The number of hydrogen-bond donors (Lipinski definition) is 3. The van der Waals surface area contributed by atoms with Gasteiger partial charge in [-0.05, 0) is 30.8 Å². The van der Waals surface area contributed by atoms with Gasteiger partial charge < -0.3 is 20.5 Å². The van der Waals surface area contributed by atoms with E-state index in [1.807, 2.05) is 0 Å². The maximum absolute atomic E-state index is 12.0. The summed E-state index contributed by atoms with van der Waals surface area (Å²) in [7, 11) is 0. The molecule has 142 valence electrons. The highest BCUT2D eigenvalue weighted by Gasteiger charge is 2.26. The van der Waals surface area contributed by atoms with E-state index in [4.69, 9.17) is 5.11 Å². The van der Waals surface area contributed by atoms with Crippen LogP contribution in [0.1, 0.15) is 30.2 Å². The van der Waals surface area contributed by atoms with Crippen molar-refractivity contribution in [2.45, 2.75) is 26.7 Å². The van der Waals surface area contributed by atoms with Gasteiger partial charge in [-0.15, -0.1) is 0 Å². The fourth-order valence-corrected chi connectivity index (χ4v) is 2.70. The fraction of sp³-hybridized carbons (Fsp3) is 0.250. The van der Waals surface area contributed by atoms with Gasteiger partial charge >= 0.3 is 11.8 Å². The number of hydrogen-bond acceptors (Lipinski definition) is 6. The number of nitro groups is 2. The van der Waals surface area contributed by atoms with Crippen molar-refractivity contribution in [1.82, 2.24) is 10.3 Å². The molecule has 2 rings (SSSR count). The van der Waals surface area contributed by atoms with E-state index in [0.29, 0.717) is 28.7 Å². The Balaban J connectivity index is 2.45. The summed E-state index contributed by atoms with van der Waals surface area (Å²) in [4.78, 5) is 45.7. The Bertz CT molecular complexity index is 937. The van der Waals surface area contributed by atoms with Crippen molar-refractivity contribution in [3.63, 3.8) is 0 Å². The topological polar surface area (TPSA) is 168 Å². The van der Waals surface area contributed by atoms with Crippen LogP contribution in [0, 0.1) is 27.2 Å². The zero-order valence-corrected chi connectivity index (χ0v) is 14.4. The first-order valence-electron chi connectivity index (χ1n) is 7.75. The van der Waals surface area contributed by atoms with Gasteiger partial charge in [-0.2, -0.15) is 0 Å². The molecule has 11 heteroatoms. The average molecular weight is 376 g/mol. The van der Waals surface area contributed by atoms with Gasteiger partial charge in [-0.3, -0.25) is 19.7 Å². The minimum absolute atomic E-state index is 0.0187. The lowest BCUT2D eigenvalue weighted by atomic mass is 10.0.